The maximum Gasteiger partial charge on any atom is 0.310 e. The second-order valence-electron chi connectivity index (χ2n) is 8.55. The standard InChI is InChI=1S/C25H20BrNO4/c26-22-17-12-18-21(25(29)31-23(18)22)20(17)24(28)27-14-8-10-15(11-9-14)30-19-7-3-5-13-4-1-2-6-16(13)19/h1-11,17-18,20-23H,12H2,(H,27,28)/t17-,18-,20-,21+,22+,23+/m1/s1. The first kappa shape index (κ1) is 18.9. The molecule has 5 nitrogen and oxygen atoms in total. The van der Waals surface area contributed by atoms with E-state index in [4.69, 9.17) is 9.47 Å². The Morgan fingerprint density at radius 2 is 1.77 bits per heavy atom. The fourth-order valence-corrected chi connectivity index (χ4v) is 6.62. The molecule has 0 unspecified atom stereocenters. The summed E-state index contributed by atoms with van der Waals surface area (Å²) in [6.07, 6.45) is 0.796. The molecule has 0 spiro atoms. The van der Waals surface area contributed by atoms with Crippen molar-refractivity contribution in [1.29, 1.82) is 0 Å². The van der Waals surface area contributed by atoms with Crippen LogP contribution < -0.4 is 10.1 Å². The maximum atomic E-state index is 13.0. The molecule has 2 saturated carbocycles. The maximum absolute atomic E-state index is 13.0. The molecule has 3 aromatic carbocycles. The van der Waals surface area contributed by atoms with Crippen LogP contribution in [0.2, 0.25) is 0 Å². The second-order valence-corrected chi connectivity index (χ2v) is 9.61. The van der Waals surface area contributed by atoms with E-state index in [1.54, 1.807) is 0 Å². The minimum atomic E-state index is -0.341. The predicted octanol–water partition coefficient (Wildman–Crippen LogP) is 5.14. The monoisotopic (exact) mass is 477 g/mol. The van der Waals surface area contributed by atoms with Crippen LogP contribution in [0.25, 0.3) is 10.8 Å². The Labute approximate surface area is 187 Å². The number of fused-ring (bicyclic) bond motifs is 2. The minimum absolute atomic E-state index is 0.0624. The highest BCUT2D eigenvalue weighted by molar-refractivity contribution is 9.09. The lowest BCUT2D eigenvalue weighted by atomic mass is 9.79. The molecule has 1 N–H and O–H groups in total. The third-order valence-corrected chi connectivity index (χ3v) is 8.13. The van der Waals surface area contributed by atoms with Gasteiger partial charge in [0.25, 0.3) is 0 Å². The zero-order valence-electron chi connectivity index (χ0n) is 16.5. The average molecular weight is 478 g/mol. The first-order valence-electron chi connectivity index (χ1n) is 10.5. The van der Waals surface area contributed by atoms with Crippen molar-refractivity contribution in [3.05, 3.63) is 66.7 Å². The lowest BCUT2D eigenvalue weighted by Crippen LogP contribution is -2.40. The topological polar surface area (TPSA) is 64.6 Å². The summed E-state index contributed by atoms with van der Waals surface area (Å²) in [7, 11) is 0. The number of halogens is 1. The van der Waals surface area contributed by atoms with Gasteiger partial charge in [-0.25, -0.2) is 0 Å². The molecule has 6 heteroatoms. The van der Waals surface area contributed by atoms with Gasteiger partial charge in [0.15, 0.2) is 0 Å². The molecule has 2 bridgehead atoms. The predicted molar refractivity (Wildman–Crippen MR) is 120 cm³/mol. The highest BCUT2D eigenvalue weighted by atomic mass is 79.9. The third kappa shape index (κ3) is 2.96. The van der Waals surface area contributed by atoms with E-state index >= 15 is 0 Å². The van der Waals surface area contributed by atoms with Crippen LogP contribution in [-0.2, 0) is 14.3 Å². The summed E-state index contributed by atoms with van der Waals surface area (Å²) in [5, 5.41) is 5.15. The van der Waals surface area contributed by atoms with Crippen molar-refractivity contribution in [1.82, 2.24) is 0 Å². The van der Waals surface area contributed by atoms with Crippen LogP contribution in [0.5, 0.6) is 11.5 Å². The number of ether oxygens (including phenoxy) is 2. The summed E-state index contributed by atoms with van der Waals surface area (Å²) in [5.74, 6) is 0.798. The average Bonchev–Trinajstić information content (AvgIpc) is 3.40. The van der Waals surface area contributed by atoms with Crippen molar-refractivity contribution in [3.63, 3.8) is 0 Å². The number of esters is 1. The number of hydrogen-bond acceptors (Lipinski definition) is 4. The molecule has 1 aliphatic heterocycles. The molecular weight excluding hydrogens is 458 g/mol. The number of benzene rings is 3. The highest BCUT2D eigenvalue weighted by Gasteiger charge is 2.67. The third-order valence-electron chi connectivity index (χ3n) is 6.93. The molecule has 0 aromatic heterocycles. The van der Waals surface area contributed by atoms with Crippen molar-refractivity contribution >= 4 is 44.3 Å². The summed E-state index contributed by atoms with van der Waals surface area (Å²) >= 11 is 3.65. The van der Waals surface area contributed by atoms with Gasteiger partial charge in [0.2, 0.25) is 5.91 Å². The molecular formula is C25H20BrNO4. The summed E-state index contributed by atoms with van der Waals surface area (Å²) < 4.78 is 11.6. The Kier molecular flexibility index (Phi) is 4.32. The first-order valence-corrected chi connectivity index (χ1v) is 11.4. The van der Waals surface area contributed by atoms with Crippen LogP contribution in [0.15, 0.2) is 66.7 Å². The number of anilines is 1. The van der Waals surface area contributed by atoms with E-state index < -0.39 is 0 Å². The van der Waals surface area contributed by atoms with Gasteiger partial charge in [-0.2, -0.15) is 0 Å². The fourth-order valence-electron chi connectivity index (χ4n) is 5.57. The zero-order chi connectivity index (χ0) is 21.1. The molecule has 3 aliphatic rings. The molecule has 0 radical (unpaired) electrons. The number of hydrogen-bond donors (Lipinski definition) is 1. The Morgan fingerprint density at radius 1 is 1.00 bits per heavy atom. The van der Waals surface area contributed by atoms with Crippen LogP contribution in [0.3, 0.4) is 0 Å². The van der Waals surface area contributed by atoms with Gasteiger partial charge in [0, 0.05) is 17.0 Å². The molecule has 6 atom stereocenters. The largest absolute Gasteiger partial charge is 0.461 e. The van der Waals surface area contributed by atoms with Crippen LogP contribution in [-0.4, -0.2) is 22.8 Å². The normalized spacial score (nSPS) is 30.4. The van der Waals surface area contributed by atoms with Crippen LogP contribution in [0.1, 0.15) is 6.42 Å². The number of carbonyl (C=O) groups is 2. The minimum Gasteiger partial charge on any atom is -0.461 e. The molecule has 2 aliphatic carbocycles. The Bertz CT molecular complexity index is 1190. The second kappa shape index (κ2) is 7.09. The summed E-state index contributed by atoms with van der Waals surface area (Å²) in [4.78, 5) is 25.4. The number of rotatable bonds is 4. The highest BCUT2D eigenvalue weighted by Crippen LogP contribution is 2.60. The van der Waals surface area contributed by atoms with E-state index in [2.05, 4.69) is 33.4 Å². The van der Waals surface area contributed by atoms with E-state index in [-0.39, 0.29) is 46.5 Å². The molecule has 6 rings (SSSR count). The van der Waals surface area contributed by atoms with Gasteiger partial charge in [-0.1, -0.05) is 52.3 Å². The number of nitrogens with one attached hydrogen (secondary N) is 1. The summed E-state index contributed by atoms with van der Waals surface area (Å²) in [6, 6.07) is 21.4. The first-order chi connectivity index (χ1) is 15.1. The molecule has 1 amide bonds. The Morgan fingerprint density at radius 3 is 2.61 bits per heavy atom. The Hall–Kier alpha value is -2.86. The van der Waals surface area contributed by atoms with Gasteiger partial charge >= 0.3 is 5.97 Å². The molecule has 31 heavy (non-hydrogen) atoms. The van der Waals surface area contributed by atoms with E-state index in [0.29, 0.717) is 11.4 Å². The van der Waals surface area contributed by atoms with Crippen LogP contribution in [0.4, 0.5) is 5.69 Å². The van der Waals surface area contributed by atoms with E-state index in [1.165, 1.54) is 0 Å². The Balaban J connectivity index is 1.18. The van der Waals surface area contributed by atoms with Gasteiger partial charge in [0.05, 0.1) is 16.7 Å². The van der Waals surface area contributed by atoms with Crippen molar-refractivity contribution in [2.24, 2.45) is 23.7 Å². The quantitative estimate of drug-likeness (QED) is 0.417. The zero-order valence-corrected chi connectivity index (χ0v) is 18.1. The molecule has 1 heterocycles. The molecule has 156 valence electrons. The van der Waals surface area contributed by atoms with E-state index in [9.17, 15) is 9.59 Å². The van der Waals surface area contributed by atoms with E-state index in [0.717, 1.165) is 22.9 Å². The number of alkyl halides is 1. The SMILES string of the molecule is O=C(Nc1ccc(Oc2cccc3ccccc23)cc1)[C@@H]1[C@H]2C[C@H]3[C@H](OC(=O)[C@@H]31)[C@H]2Br. The van der Waals surface area contributed by atoms with Crippen LogP contribution >= 0.6 is 15.9 Å². The van der Waals surface area contributed by atoms with Crippen molar-refractivity contribution in [2.45, 2.75) is 17.4 Å². The van der Waals surface area contributed by atoms with Gasteiger partial charge in [-0.05, 0) is 48.1 Å². The van der Waals surface area contributed by atoms with Crippen molar-refractivity contribution in [3.8, 4) is 11.5 Å². The van der Waals surface area contributed by atoms with Gasteiger partial charge in [-0.15, -0.1) is 0 Å². The molecule has 3 fully saturated rings. The van der Waals surface area contributed by atoms with Crippen molar-refractivity contribution < 1.29 is 19.1 Å². The lowest BCUT2D eigenvalue weighted by Gasteiger charge is -2.27. The fraction of sp³-hybridized carbons (Fsp3) is 0.280. The van der Waals surface area contributed by atoms with Crippen molar-refractivity contribution in [2.75, 3.05) is 5.32 Å². The molecule has 1 saturated heterocycles. The summed E-state index contributed by atoms with van der Waals surface area (Å²) in [5.41, 5.74) is 0.687. The molecule has 3 aromatic rings. The van der Waals surface area contributed by atoms with E-state index in [1.807, 2.05) is 54.6 Å². The number of carbonyl (C=O) groups excluding carboxylic acids is 2. The lowest BCUT2D eigenvalue weighted by molar-refractivity contribution is -0.145. The van der Waals surface area contributed by atoms with Crippen LogP contribution in [0, 0.1) is 23.7 Å². The smallest absolute Gasteiger partial charge is 0.310 e. The van der Waals surface area contributed by atoms with Gasteiger partial charge in [0.1, 0.15) is 17.6 Å². The van der Waals surface area contributed by atoms with Gasteiger partial charge in [-0.3, -0.25) is 9.59 Å². The number of amides is 1. The summed E-state index contributed by atoms with van der Waals surface area (Å²) in [6.45, 7) is 0. The van der Waals surface area contributed by atoms with Gasteiger partial charge < -0.3 is 14.8 Å².